The summed E-state index contributed by atoms with van der Waals surface area (Å²) in [6.07, 6.45) is 1.05. The van der Waals surface area contributed by atoms with Crippen LogP contribution in [0.1, 0.15) is 12.8 Å². The van der Waals surface area contributed by atoms with E-state index in [0.717, 1.165) is 0 Å². The van der Waals surface area contributed by atoms with Gasteiger partial charge in [-0.2, -0.15) is 8.42 Å². The van der Waals surface area contributed by atoms with Gasteiger partial charge in [0.05, 0.1) is 6.61 Å². The predicted octanol–water partition coefficient (Wildman–Crippen LogP) is -0.131. The van der Waals surface area contributed by atoms with Gasteiger partial charge in [-0.05, 0) is 12.8 Å². The summed E-state index contributed by atoms with van der Waals surface area (Å²) in [5, 5.41) is 0. The number of nitrogens with one attached hydrogen (secondary N) is 1. The van der Waals surface area contributed by atoms with Crippen LogP contribution in [-0.4, -0.2) is 26.1 Å². The Balaban J connectivity index is 3.21. The Morgan fingerprint density at radius 3 is 2.40 bits per heavy atom. The molecule has 0 aliphatic heterocycles. The molecule has 0 aromatic rings. The van der Waals surface area contributed by atoms with Gasteiger partial charge in [0, 0.05) is 6.54 Å². The molecule has 0 bridgehead atoms. The van der Waals surface area contributed by atoms with Crippen LogP contribution in [0, 0.1) is 0 Å². The molecule has 0 spiro atoms. The van der Waals surface area contributed by atoms with Crippen LogP contribution in [-0.2, 0) is 14.6 Å². The van der Waals surface area contributed by atoms with Gasteiger partial charge in [-0.1, -0.05) is 0 Å². The van der Waals surface area contributed by atoms with Gasteiger partial charge < -0.3 is 0 Å². The molecule has 0 unspecified atom stereocenters. The van der Waals surface area contributed by atoms with Gasteiger partial charge in [0.1, 0.15) is 0 Å². The lowest BCUT2D eigenvalue weighted by atomic mass is 10.3. The first-order valence-corrected chi connectivity index (χ1v) is 4.19. The van der Waals surface area contributed by atoms with Crippen molar-refractivity contribution in [1.29, 1.82) is 0 Å². The van der Waals surface area contributed by atoms with E-state index in [2.05, 4.69) is 4.18 Å². The van der Waals surface area contributed by atoms with Crippen molar-refractivity contribution in [2.24, 2.45) is 0 Å². The Labute approximate surface area is 60.1 Å². The summed E-state index contributed by atoms with van der Waals surface area (Å²) in [6.45, 7) is 0.201. The third kappa shape index (κ3) is 7.83. The summed E-state index contributed by atoms with van der Waals surface area (Å²) in [5.74, 6) is 0. The molecule has 10 heavy (non-hydrogen) atoms. The molecule has 0 aromatic heterocycles. The molecule has 0 saturated carbocycles. The van der Waals surface area contributed by atoms with Gasteiger partial charge in [-0.25, -0.2) is 4.18 Å². The minimum Gasteiger partial charge on any atom is -0.264 e. The van der Waals surface area contributed by atoms with E-state index in [1.165, 1.54) is 0 Å². The van der Waals surface area contributed by atoms with Crippen molar-refractivity contribution in [2.45, 2.75) is 12.8 Å². The van der Waals surface area contributed by atoms with Gasteiger partial charge in [0.25, 0.3) is 0 Å². The molecule has 0 aliphatic carbocycles. The Morgan fingerprint density at radius 2 is 2.00 bits per heavy atom. The summed E-state index contributed by atoms with van der Waals surface area (Å²) in [4.78, 5) is 0. The first-order valence-electron chi connectivity index (χ1n) is 2.82. The normalized spacial score (nSPS) is 11.8. The largest absolute Gasteiger partial charge is 0.397 e. The van der Waals surface area contributed by atoms with Gasteiger partial charge in [0.15, 0.2) is 0 Å². The highest BCUT2D eigenvalue weighted by atomic mass is 32.3. The first kappa shape index (κ1) is 9.83. The molecule has 0 fully saturated rings. The Morgan fingerprint density at radius 1 is 1.40 bits per heavy atom. The van der Waals surface area contributed by atoms with E-state index < -0.39 is 10.4 Å². The van der Waals surface area contributed by atoms with E-state index in [1.807, 2.05) is 0 Å². The van der Waals surface area contributed by atoms with E-state index in [0.29, 0.717) is 12.8 Å². The summed E-state index contributed by atoms with van der Waals surface area (Å²) < 4.78 is 31.8. The molecule has 0 rings (SSSR count). The van der Waals surface area contributed by atoms with Crippen molar-refractivity contribution in [3.8, 4) is 0 Å². The summed E-state index contributed by atoms with van der Waals surface area (Å²) in [6, 6.07) is 0. The highest BCUT2D eigenvalue weighted by Gasteiger charge is 2.01. The van der Waals surface area contributed by atoms with Crippen molar-refractivity contribution in [3.63, 3.8) is 0 Å². The van der Waals surface area contributed by atoms with E-state index in [4.69, 9.17) is 10.3 Å². The second-order valence-corrected chi connectivity index (χ2v) is 2.80. The number of rotatable bonds is 5. The smallest absolute Gasteiger partial charge is 0.264 e. The second-order valence-electron chi connectivity index (χ2n) is 1.71. The van der Waals surface area contributed by atoms with Crippen molar-refractivity contribution in [3.05, 3.63) is 0 Å². The third-order valence-corrected chi connectivity index (χ3v) is 1.27. The summed E-state index contributed by atoms with van der Waals surface area (Å²) in [7, 11) is -4.27. The van der Waals surface area contributed by atoms with E-state index in [1.54, 1.807) is 0 Å². The minimum absolute atomic E-state index is 0.0439. The fraction of sp³-hybridized carbons (Fsp3) is 1.00. The zero-order valence-corrected chi connectivity index (χ0v) is 6.23. The molecular formula is C4H10NO4S. The topological polar surface area (TPSA) is 87.4 Å². The first-order chi connectivity index (χ1) is 4.56. The molecule has 0 heterocycles. The zero-order chi connectivity index (χ0) is 8.04. The van der Waals surface area contributed by atoms with Crippen molar-refractivity contribution in [2.75, 3.05) is 13.2 Å². The Hall–Kier alpha value is -0.170. The molecule has 1 radical (unpaired) electrons. The van der Waals surface area contributed by atoms with Crippen LogP contribution in [0.25, 0.3) is 0 Å². The SMILES string of the molecule is [NH]CCCCOS(=O)(=O)O. The van der Waals surface area contributed by atoms with Crippen molar-refractivity contribution in [1.82, 2.24) is 5.73 Å². The van der Waals surface area contributed by atoms with E-state index >= 15 is 0 Å². The standard InChI is InChI=1S/C4H10NO4S/c5-3-1-2-4-9-10(6,7)8/h5H,1-4H2,(H,6,7,8). The van der Waals surface area contributed by atoms with E-state index in [9.17, 15) is 8.42 Å². The highest BCUT2D eigenvalue weighted by Crippen LogP contribution is 1.91. The van der Waals surface area contributed by atoms with Gasteiger partial charge in [0.2, 0.25) is 0 Å². The lowest BCUT2D eigenvalue weighted by Crippen LogP contribution is -2.05. The quantitative estimate of drug-likeness (QED) is 0.457. The zero-order valence-electron chi connectivity index (χ0n) is 5.41. The number of hydrogen-bond donors (Lipinski definition) is 1. The van der Waals surface area contributed by atoms with Crippen LogP contribution in [0.4, 0.5) is 0 Å². The second kappa shape index (κ2) is 4.62. The molecule has 2 N–H and O–H groups in total. The maximum atomic E-state index is 9.88. The van der Waals surface area contributed by atoms with Gasteiger partial charge >= 0.3 is 10.4 Å². The average molecular weight is 168 g/mol. The highest BCUT2D eigenvalue weighted by molar-refractivity contribution is 7.80. The molecule has 0 saturated heterocycles. The Bertz CT molecular complexity index is 164. The Kier molecular flexibility index (Phi) is 4.54. The predicted molar refractivity (Wildman–Crippen MR) is 34.7 cm³/mol. The van der Waals surface area contributed by atoms with Crippen LogP contribution >= 0.6 is 0 Å². The molecule has 0 aromatic carbocycles. The lowest BCUT2D eigenvalue weighted by molar-refractivity contribution is 0.263. The minimum atomic E-state index is -4.27. The van der Waals surface area contributed by atoms with Crippen LogP contribution in [0.2, 0.25) is 0 Å². The van der Waals surface area contributed by atoms with Crippen LogP contribution in [0.5, 0.6) is 0 Å². The van der Waals surface area contributed by atoms with Crippen molar-refractivity contribution >= 4 is 10.4 Å². The van der Waals surface area contributed by atoms with Gasteiger partial charge in [-0.15, -0.1) is 0 Å². The molecule has 61 valence electrons. The maximum absolute atomic E-state index is 9.88. The number of unbranched alkanes of at least 4 members (excludes halogenated alkanes) is 1. The van der Waals surface area contributed by atoms with Crippen LogP contribution in [0.15, 0.2) is 0 Å². The molecule has 0 atom stereocenters. The molecule has 5 nitrogen and oxygen atoms in total. The molecular weight excluding hydrogens is 158 g/mol. The van der Waals surface area contributed by atoms with Crippen molar-refractivity contribution < 1.29 is 17.2 Å². The third-order valence-electron chi connectivity index (χ3n) is 0.803. The monoisotopic (exact) mass is 168 g/mol. The fourth-order valence-electron chi connectivity index (χ4n) is 0.391. The van der Waals surface area contributed by atoms with E-state index in [-0.39, 0.29) is 13.2 Å². The summed E-state index contributed by atoms with van der Waals surface area (Å²) in [5.41, 5.74) is 6.67. The summed E-state index contributed by atoms with van der Waals surface area (Å²) >= 11 is 0. The number of hydrogen-bond acceptors (Lipinski definition) is 3. The molecule has 0 aliphatic rings. The molecule has 6 heteroatoms. The lowest BCUT2D eigenvalue weighted by Gasteiger charge is -1.96. The van der Waals surface area contributed by atoms with Crippen LogP contribution < -0.4 is 5.73 Å². The maximum Gasteiger partial charge on any atom is 0.397 e. The molecule has 0 amide bonds. The average Bonchev–Trinajstić information content (AvgIpc) is 1.78. The fourth-order valence-corrected chi connectivity index (χ4v) is 0.720. The van der Waals surface area contributed by atoms with Gasteiger partial charge in [-0.3, -0.25) is 10.3 Å². The van der Waals surface area contributed by atoms with Crippen LogP contribution in [0.3, 0.4) is 0 Å².